The minimum Gasteiger partial charge on any atom is -0.497 e. The molecule has 0 saturated heterocycles. The SMILES string of the molecule is COc1ccc2c(-c3ccccc3)cc(-c3ccccc3)nc2c1. The van der Waals surface area contributed by atoms with Crippen LogP contribution in [0.5, 0.6) is 5.75 Å². The molecule has 0 fully saturated rings. The first kappa shape index (κ1) is 14.5. The number of hydrogen-bond acceptors (Lipinski definition) is 2. The summed E-state index contributed by atoms with van der Waals surface area (Å²) in [6.07, 6.45) is 0. The van der Waals surface area contributed by atoms with Crippen LogP contribution in [0, 0.1) is 0 Å². The van der Waals surface area contributed by atoms with Gasteiger partial charge in [0, 0.05) is 17.0 Å². The number of ether oxygens (including phenoxy) is 1. The Morgan fingerprint density at radius 2 is 1.38 bits per heavy atom. The summed E-state index contributed by atoms with van der Waals surface area (Å²) < 4.78 is 5.37. The summed E-state index contributed by atoms with van der Waals surface area (Å²) in [6.45, 7) is 0. The zero-order chi connectivity index (χ0) is 16.4. The van der Waals surface area contributed by atoms with Gasteiger partial charge < -0.3 is 4.74 Å². The Morgan fingerprint density at radius 3 is 2.04 bits per heavy atom. The van der Waals surface area contributed by atoms with Crippen molar-refractivity contribution in [3.63, 3.8) is 0 Å². The van der Waals surface area contributed by atoms with Crippen LogP contribution in [0.15, 0.2) is 84.9 Å². The second-order valence-electron chi connectivity index (χ2n) is 5.67. The standard InChI is InChI=1S/C22H17NO/c1-24-18-12-13-19-20(16-8-4-2-5-9-16)15-21(23-22(19)14-18)17-10-6-3-7-11-17/h2-15H,1H3. The fourth-order valence-corrected chi connectivity index (χ4v) is 2.95. The molecule has 0 bridgehead atoms. The van der Waals surface area contributed by atoms with Gasteiger partial charge in [-0.3, -0.25) is 0 Å². The molecule has 1 heterocycles. The average molecular weight is 311 g/mol. The zero-order valence-electron chi connectivity index (χ0n) is 13.4. The van der Waals surface area contributed by atoms with Crippen LogP contribution in [0.2, 0.25) is 0 Å². The number of nitrogens with zero attached hydrogens (tertiary/aromatic N) is 1. The number of rotatable bonds is 3. The molecule has 0 amide bonds. The summed E-state index contributed by atoms with van der Waals surface area (Å²) in [5.41, 5.74) is 5.39. The molecular weight excluding hydrogens is 294 g/mol. The molecule has 0 aliphatic rings. The maximum atomic E-state index is 5.37. The highest BCUT2D eigenvalue weighted by Crippen LogP contribution is 2.33. The number of aromatic nitrogens is 1. The molecule has 0 unspecified atom stereocenters. The van der Waals surface area contributed by atoms with E-state index in [9.17, 15) is 0 Å². The maximum Gasteiger partial charge on any atom is 0.121 e. The molecule has 0 spiro atoms. The molecule has 24 heavy (non-hydrogen) atoms. The third kappa shape index (κ3) is 2.63. The molecule has 0 radical (unpaired) electrons. The Morgan fingerprint density at radius 1 is 0.708 bits per heavy atom. The fourth-order valence-electron chi connectivity index (χ4n) is 2.95. The summed E-state index contributed by atoms with van der Waals surface area (Å²) >= 11 is 0. The Hall–Kier alpha value is -3.13. The molecule has 0 N–H and O–H groups in total. The predicted molar refractivity (Wildman–Crippen MR) is 99.2 cm³/mol. The van der Waals surface area contributed by atoms with E-state index >= 15 is 0 Å². The highest BCUT2D eigenvalue weighted by atomic mass is 16.5. The number of benzene rings is 3. The summed E-state index contributed by atoms with van der Waals surface area (Å²) in [6, 6.07) is 28.9. The van der Waals surface area contributed by atoms with Crippen molar-refractivity contribution in [1.29, 1.82) is 0 Å². The van der Waals surface area contributed by atoms with Crippen molar-refractivity contribution in [2.24, 2.45) is 0 Å². The van der Waals surface area contributed by atoms with E-state index in [-0.39, 0.29) is 0 Å². The van der Waals surface area contributed by atoms with Crippen molar-refractivity contribution in [3.05, 3.63) is 84.9 Å². The molecule has 2 heteroatoms. The lowest BCUT2D eigenvalue weighted by Crippen LogP contribution is -1.91. The van der Waals surface area contributed by atoms with E-state index in [1.807, 2.05) is 36.4 Å². The minimum atomic E-state index is 0.819. The van der Waals surface area contributed by atoms with Crippen LogP contribution in [0.25, 0.3) is 33.3 Å². The number of pyridine rings is 1. The second kappa shape index (κ2) is 6.17. The van der Waals surface area contributed by atoms with Crippen LogP contribution in [0.3, 0.4) is 0 Å². The van der Waals surface area contributed by atoms with Crippen molar-refractivity contribution in [1.82, 2.24) is 4.98 Å². The van der Waals surface area contributed by atoms with E-state index in [4.69, 9.17) is 9.72 Å². The summed E-state index contributed by atoms with van der Waals surface area (Å²) in [4.78, 5) is 4.86. The Kier molecular flexibility index (Phi) is 3.72. The van der Waals surface area contributed by atoms with Crippen LogP contribution >= 0.6 is 0 Å². The Balaban J connectivity index is 2.02. The van der Waals surface area contributed by atoms with Gasteiger partial charge in [-0.15, -0.1) is 0 Å². The molecule has 1 aromatic heterocycles. The van der Waals surface area contributed by atoms with E-state index in [0.717, 1.165) is 27.9 Å². The molecule has 116 valence electrons. The first-order valence-electron chi connectivity index (χ1n) is 7.95. The molecule has 0 saturated carbocycles. The molecule has 4 aromatic rings. The van der Waals surface area contributed by atoms with Crippen LogP contribution in [-0.2, 0) is 0 Å². The first-order chi connectivity index (χ1) is 11.8. The zero-order valence-corrected chi connectivity index (χ0v) is 13.4. The molecular formula is C22H17NO. The second-order valence-corrected chi connectivity index (χ2v) is 5.67. The third-order valence-electron chi connectivity index (χ3n) is 4.17. The largest absolute Gasteiger partial charge is 0.497 e. The van der Waals surface area contributed by atoms with Crippen molar-refractivity contribution in [3.8, 4) is 28.1 Å². The Labute approximate surface area is 141 Å². The van der Waals surface area contributed by atoms with E-state index < -0.39 is 0 Å². The van der Waals surface area contributed by atoms with Gasteiger partial charge in [-0.2, -0.15) is 0 Å². The van der Waals surface area contributed by atoms with Gasteiger partial charge in [0.05, 0.1) is 18.3 Å². The molecule has 3 aromatic carbocycles. The van der Waals surface area contributed by atoms with Gasteiger partial charge in [0.25, 0.3) is 0 Å². The van der Waals surface area contributed by atoms with Crippen molar-refractivity contribution < 1.29 is 4.74 Å². The van der Waals surface area contributed by atoms with Gasteiger partial charge in [-0.1, -0.05) is 60.7 Å². The van der Waals surface area contributed by atoms with Crippen molar-refractivity contribution in [2.75, 3.05) is 7.11 Å². The van der Waals surface area contributed by atoms with E-state index in [0.29, 0.717) is 0 Å². The molecule has 0 aliphatic heterocycles. The summed E-state index contributed by atoms with van der Waals surface area (Å²) in [5.74, 6) is 0.819. The first-order valence-corrected chi connectivity index (χ1v) is 7.95. The highest BCUT2D eigenvalue weighted by Gasteiger charge is 2.10. The van der Waals surface area contributed by atoms with Crippen molar-refractivity contribution in [2.45, 2.75) is 0 Å². The van der Waals surface area contributed by atoms with Crippen molar-refractivity contribution >= 4 is 10.9 Å². The molecule has 2 nitrogen and oxygen atoms in total. The van der Waals surface area contributed by atoms with Crippen LogP contribution in [0.1, 0.15) is 0 Å². The summed E-state index contributed by atoms with van der Waals surface area (Å²) in [7, 11) is 1.68. The van der Waals surface area contributed by atoms with Gasteiger partial charge in [0.15, 0.2) is 0 Å². The number of fused-ring (bicyclic) bond motifs is 1. The lowest BCUT2D eigenvalue weighted by molar-refractivity contribution is 0.415. The minimum absolute atomic E-state index is 0.819. The lowest BCUT2D eigenvalue weighted by atomic mass is 9.98. The van der Waals surface area contributed by atoms with Gasteiger partial charge in [0.1, 0.15) is 5.75 Å². The fraction of sp³-hybridized carbons (Fsp3) is 0.0455. The molecule has 0 atom stereocenters. The van der Waals surface area contributed by atoms with Gasteiger partial charge in [-0.05, 0) is 29.3 Å². The van der Waals surface area contributed by atoms with E-state index in [2.05, 4.69) is 48.5 Å². The average Bonchev–Trinajstić information content (AvgIpc) is 2.68. The number of methoxy groups -OCH3 is 1. The highest BCUT2D eigenvalue weighted by molar-refractivity contribution is 5.97. The Bertz CT molecular complexity index is 979. The smallest absolute Gasteiger partial charge is 0.121 e. The molecule has 4 rings (SSSR count). The van der Waals surface area contributed by atoms with Gasteiger partial charge in [-0.25, -0.2) is 4.98 Å². The lowest BCUT2D eigenvalue weighted by Gasteiger charge is -2.11. The normalized spacial score (nSPS) is 10.7. The van der Waals surface area contributed by atoms with Crippen LogP contribution < -0.4 is 4.74 Å². The van der Waals surface area contributed by atoms with Gasteiger partial charge in [0.2, 0.25) is 0 Å². The topological polar surface area (TPSA) is 22.1 Å². The van der Waals surface area contributed by atoms with E-state index in [1.165, 1.54) is 11.1 Å². The van der Waals surface area contributed by atoms with Crippen LogP contribution in [-0.4, -0.2) is 12.1 Å². The molecule has 0 aliphatic carbocycles. The summed E-state index contributed by atoms with van der Waals surface area (Å²) in [5, 5.41) is 1.13. The van der Waals surface area contributed by atoms with Crippen LogP contribution in [0.4, 0.5) is 0 Å². The maximum absolute atomic E-state index is 5.37. The third-order valence-corrected chi connectivity index (χ3v) is 4.17. The quantitative estimate of drug-likeness (QED) is 0.493. The predicted octanol–water partition coefficient (Wildman–Crippen LogP) is 5.58. The van der Waals surface area contributed by atoms with E-state index in [1.54, 1.807) is 7.11 Å². The monoisotopic (exact) mass is 311 g/mol. The van der Waals surface area contributed by atoms with Gasteiger partial charge >= 0.3 is 0 Å². The number of hydrogen-bond donors (Lipinski definition) is 0.